The molecule has 2 N–H and O–H groups in total. The fourth-order valence-electron chi connectivity index (χ4n) is 3.58. The molecule has 1 unspecified atom stereocenters. The minimum absolute atomic E-state index is 0.128. The highest BCUT2D eigenvalue weighted by atomic mass is 32.2. The molecule has 23 heavy (non-hydrogen) atoms. The molecule has 4 rings (SSSR count). The second-order valence-corrected chi connectivity index (χ2v) is 7.97. The van der Waals surface area contributed by atoms with Crippen LogP contribution in [0.5, 0.6) is 0 Å². The molecule has 0 bridgehead atoms. The van der Waals surface area contributed by atoms with E-state index < -0.39 is 10.0 Å². The van der Waals surface area contributed by atoms with Gasteiger partial charge in [0.25, 0.3) is 0 Å². The maximum absolute atomic E-state index is 12.8. The molecule has 120 valence electrons. The third kappa shape index (κ3) is 2.75. The van der Waals surface area contributed by atoms with E-state index in [1.807, 2.05) is 24.3 Å². The Bertz CT molecular complexity index is 846. The van der Waals surface area contributed by atoms with Gasteiger partial charge in [-0.1, -0.05) is 24.3 Å². The lowest BCUT2D eigenvalue weighted by Crippen LogP contribution is -2.31. The van der Waals surface area contributed by atoms with Crippen molar-refractivity contribution in [1.82, 2.24) is 4.72 Å². The molecule has 5 heteroatoms. The first kappa shape index (κ1) is 14.7. The monoisotopic (exact) mass is 328 g/mol. The van der Waals surface area contributed by atoms with Crippen LogP contribution >= 0.6 is 0 Å². The predicted molar refractivity (Wildman–Crippen MR) is 91.1 cm³/mol. The van der Waals surface area contributed by atoms with Gasteiger partial charge >= 0.3 is 0 Å². The normalized spacial score (nSPS) is 19.7. The summed E-state index contributed by atoms with van der Waals surface area (Å²) in [7, 11) is -3.50. The summed E-state index contributed by atoms with van der Waals surface area (Å²) in [6, 6.07) is 13.4. The Morgan fingerprint density at radius 3 is 2.83 bits per heavy atom. The number of benzene rings is 2. The fraction of sp³-hybridized carbons (Fsp3) is 0.333. The van der Waals surface area contributed by atoms with E-state index in [1.54, 1.807) is 12.1 Å². The zero-order chi connectivity index (χ0) is 15.9. The lowest BCUT2D eigenvalue weighted by molar-refractivity contribution is 0.507. The summed E-state index contributed by atoms with van der Waals surface area (Å²) in [5.74, 6) is 0. The Hall–Kier alpha value is -1.85. The molecule has 2 aromatic carbocycles. The first-order valence-electron chi connectivity index (χ1n) is 8.10. The molecule has 1 atom stereocenters. The minimum atomic E-state index is -3.50. The van der Waals surface area contributed by atoms with Gasteiger partial charge in [0.15, 0.2) is 0 Å². The second kappa shape index (κ2) is 5.65. The smallest absolute Gasteiger partial charge is 0.241 e. The molecule has 0 saturated heterocycles. The van der Waals surface area contributed by atoms with Gasteiger partial charge in [0.2, 0.25) is 10.0 Å². The molecule has 1 aliphatic heterocycles. The van der Waals surface area contributed by atoms with E-state index in [1.165, 1.54) is 5.56 Å². The van der Waals surface area contributed by atoms with Crippen molar-refractivity contribution in [1.29, 1.82) is 0 Å². The summed E-state index contributed by atoms with van der Waals surface area (Å²) in [5, 5.41) is 3.26. The van der Waals surface area contributed by atoms with Gasteiger partial charge in [-0.2, -0.15) is 0 Å². The van der Waals surface area contributed by atoms with Crippen LogP contribution in [0.2, 0.25) is 0 Å². The molecule has 0 saturated carbocycles. The SMILES string of the molecule is O=S(=O)(NC1CCCc2ccccc21)c1ccc2c(c1)CCN2. The van der Waals surface area contributed by atoms with Crippen molar-refractivity contribution in [2.45, 2.75) is 36.6 Å². The number of hydrogen-bond donors (Lipinski definition) is 2. The zero-order valence-electron chi connectivity index (χ0n) is 12.9. The molecule has 0 fully saturated rings. The van der Waals surface area contributed by atoms with E-state index in [9.17, 15) is 8.42 Å². The number of fused-ring (bicyclic) bond motifs is 2. The lowest BCUT2D eigenvalue weighted by Gasteiger charge is -2.26. The third-order valence-corrected chi connectivity index (χ3v) is 6.23. The highest BCUT2D eigenvalue weighted by Crippen LogP contribution is 2.31. The topological polar surface area (TPSA) is 58.2 Å². The summed E-state index contributed by atoms with van der Waals surface area (Å²) < 4.78 is 28.5. The number of nitrogens with one attached hydrogen (secondary N) is 2. The average Bonchev–Trinajstić information content (AvgIpc) is 3.02. The van der Waals surface area contributed by atoms with Crippen LogP contribution < -0.4 is 10.0 Å². The van der Waals surface area contributed by atoms with Crippen LogP contribution in [0, 0.1) is 0 Å². The quantitative estimate of drug-likeness (QED) is 0.910. The molecule has 4 nitrogen and oxygen atoms in total. The molecule has 2 aromatic rings. The van der Waals surface area contributed by atoms with E-state index in [2.05, 4.69) is 16.1 Å². The minimum Gasteiger partial charge on any atom is -0.384 e. The summed E-state index contributed by atoms with van der Waals surface area (Å²) in [4.78, 5) is 0.364. The Labute approximate surface area is 137 Å². The number of hydrogen-bond acceptors (Lipinski definition) is 3. The summed E-state index contributed by atoms with van der Waals surface area (Å²) in [5.41, 5.74) is 4.50. The number of aryl methyl sites for hydroxylation is 1. The van der Waals surface area contributed by atoms with Gasteiger partial charge in [0.1, 0.15) is 0 Å². The largest absolute Gasteiger partial charge is 0.384 e. The zero-order valence-corrected chi connectivity index (χ0v) is 13.7. The molecule has 1 aliphatic carbocycles. The Morgan fingerprint density at radius 1 is 1.04 bits per heavy atom. The second-order valence-electron chi connectivity index (χ2n) is 6.26. The van der Waals surface area contributed by atoms with Crippen molar-refractivity contribution in [3.63, 3.8) is 0 Å². The van der Waals surface area contributed by atoms with Crippen LogP contribution in [0.25, 0.3) is 0 Å². The average molecular weight is 328 g/mol. The van der Waals surface area contributed by atoms with E-state index in [-0.39, 0.29) is 6.04 Å². The molecule has 0 spiro atoms. The molecule has 2 aliphatic rings. The molecular weight excluding hydrogens is 308 g/mol. The molecule has 0 amide bonds. The summed E-state index contributed by atoms with van der Waals surface area (Å²) in [6.07, 6.45) is 3.77. The van der Waals surface area contributed by atoms with Crippen molar-refractivity contribution >= 4 is 15.7 Å². The van der Waals surface area contributed by atoms with Gasteiger partial charge in [0.05, 0.1) is 4.90 Å². The van der Waals surface area contributed by atoms with Crippen LogP contribution in [0.1, 0.15) is 35.6 Å². The summed E-state index contributed by atoms with van der Waals surface area (Å²) in [6.45, 7) is 0.877. The van der Waals surface area contributed by atoms with Gasteiger partial charge < -0.3 is 5.32 Å². The lowest BCUT2D eigenvalue weighted by atomic mass is 9.88. The van der Waals surface area contributed by atoms with Crippen molar-refractivity contribution in [2.75, 3.05) is 11.9 Å². The van der Waals surface area contributed by atoms with Crippen molar-refractivity contribution in [3.8, 4) is 0 Å². The van der Waals surface area contributed by atoms with E-state index in [0.29, 0.717) is 4.90 Å². The number of rotatable bonds is 3. The predicted octanol–water partition coefficient (Wildman–Crippen LogP) is 3.01. The van der Waals surface area contributed by atoms with Crippen molar-refractivity contribution < 1.29 is 8.42 Å². The standard InChI is InChI=1S/C18H20N2O2S/c21-23(22,15-8-9-17-14(12-15)10-11-19-17)20-18-7-3-5-13-4-1-2-6-16(13)18/h1-2,4,6,8-9,12,18-20H,3,5,7,10-11H2. The fourth-order valence-corrected chi connectivity index (χ4v) is 4.88. The van der Waals surface area contributed by atoms with E-state index in [4.69, 9.17) is 0 Å². The van der Waals surface area contributed by atoms with Crippen LogP contribution in [0.15, 0.2) is 47.4 Å². The van der Waals surface area contributed by atoms with E-state index in [0.717, 1.165) is 49.0 Å². The number of anilines is 1. The Balaban J connectivity index is 1.63. The van der Waals surface area contributed by atoms with Gasteiger partial charge in [-0.05, 0) is 60.6 Å². The molecular formula is C18H20N2O2S. The third-order valence-electron chi connectivity index (χ3n) is 4.76. The molecule has 1 heterocycles. The first-order valence-corrected chi connectivity index (χ1v) is 9.59. The van der Waals surface area contributed by atoms with E-state index >= 15 is 0 Å². The maximum atomic E-state index is 12.8. The van der Waals surface area contributed by atoms with Gasteiger partial charge in [-0.15, -0.1) is 0 Å². The molecule has 0 aromatic heterocycles. The Morgan fingerprint density at radius 2 is 1.91 bits per heavy atom. The van der Waals surface area contributed by atoms with Gasteiger partial charge in [-0.25, -0.2) is 13.1 Å². The van der Waals surface area contributed by atoms with Crippen LogP contribution in [0.4, 0.5) is 5.69 Å². The van der Waals surface area contributed by atoms with Crippen LogP contribution in [-0.4, -0.2) is 15.0 Å². The van der Waals surface area contributed by atoms with Crippen LogP contribution in [0.3, 0.4) is 0 Å². The highest BCUT2D eigenvalue weighted by molar-refractivity contribution is 7.89. The van der Waals surface area contributed by atoms with Gasteiger partial charge in [-0.3, -0.25) is 0 Å². The van der Waals surface area contributed by atoms with Gasteiger partial charge in [0, 0.05) is 18.3 Å². The van der Waals surface area contributed by atoms with Crippen LogP contribution in [-0.2, 0) is 22.9 Å². The first-order chi connectivity index (χ1) is 11.1. The number of sulfonamides is 1. The van der Waals surface area contributed by atoms with Crippen molar-refractivity contribution in [2.24, 2.45) is 0 Å². The highest BCUT2D eigenvalue weighted by Gasteiger charge is 2.26. The van der Waals surface area contributed by atoms with Crippen molar-refractivity contribution in [3.05, 3.63) is 59.2 Å². The maximum Gasteiger partial charge on any atom is 0.241 e. The summed E-state index contributed by atoms with van der Waals surface area (Å²) >= 11 is 0. The molecule has 0 radical (unpaired) electrons. The Kier molecular flexibility index (Phi) is 3.62.